The Balaban J connectivity index is 2.24. The van der Waals surface area contributed by atoms with E-state index in [0.717, 1.165) is 17.7 Å². The van der Waals surface area contributed by atoms with Crippen molar-refractivity contribution < 1.29 is 14.4 Å². The second-order valence-electron chi connectivity index (χ2n) is 4.58. The van der Waals surface area contributed by atoms with Gasteiger partial charge in [-0.25, -0.2) is 4.79 Å². The zero-order valence-electron chi connectivity index (χ0n) is 9.70. The molecule has 92 valence electrons. The van der Waals surface area contributed by atoms with Gasteiger partial charge in [0.1, 0.15) is 5.41 Å². The van der Waals surface area contributed by atoms with E-state index in [4.69, 9.17) is 0 Å². The Bertz CT molecular complexity index is 383. The minimum absolute atomic E-state index is 0.295. The number of nitrogens with zero attached hydrogens (tertiary/aromatic N) is 1. The van der Waals surface area contributed by atoms with Crippen LogP contribution in [-0.2, 0) is 9.59 Å². The number of imide groups is 2. The lowest BCUT2D eigenvalue weighted by atomic mass is 9.82. The topological polar surface area (TPSA) is 66.5 Å². The van der Waals surface area contributed by atoms with Crippen molar-refractivity contribution >= 4 is 17.8 Å². The number of carbonyl (C=O) groups is 3. The number of amides is 4. The van der Waals surface area contributed by atoms with E-state index in [1.165, 1.54) is 0 Å². The summed E-state index contributed by atoms with van der Waals surface area (Å²) in [5.41, 5.74) is -0.977. The van der Waals surface area contributed by atoms with Crippen molar-refractivity contribution in [3.05, 3.63) is 12.7 Å². The predicted octanol–water partition coefficient (Wildman–Crippen LogP) is 1.20. The zero-order valence-corrected chi connectivity index (χ0v) is 9.70. The highest BCUT2D eigenvalue weighted by Crippen LogP contribution is 2.41. The number of urea groups is 1. The summed E-state index contributed by atoms with van der Waals surface area (Å²) in [6.45, 7) is 3.86. The minimum atomic E-state index is -0.977. The van der Waals surface area contributed by atoms with E-state index in [0.29, 0.717) is 25.8 Å². The van der Waals surface area contributed by atoms with Crippen LogP contribution in [0.5, 0.6) is 0 Å². The van der Waals surface area contributed by atoms with E-state index < -0.39 is 17.4 Å². The Morgan fingerprint density at radius 2 is 1.94 bits per heavy atom. The molecule has 0 aromatic rings. The summed E-state index contributed by atoms with van der Waals surface area (Å²) in [6, 6.07) is -0.598. The van der Waals surface area contributed by atoms with Gasteiger partial charge in [0.15, 0.2) is 0 Å². The molecule has 4 amide bonds. The Labute approximate surface area is 99.8 Å². The molecule has 1 saturated heterocycles. The Morgan fingerprint density at radius 1 is 1.29 bits per heavy atom. The third kappa shape index (κ3) is 1.75. The maximum atomic E-state index is 12.3. The first-order chi connectivity index (χ1) is 8.12. The van der Waals surface area contributed by atoms with E-state index >= 15 is 0 Å². The molecule has 1 aliphatic carbocycles. The molecule has 5 nitrogen and oxygen atoms in total. The smallest absolute Gasteiger partial charge is 0.277 e. The van der Waals surface area contributed by atoms with Crippen LogP contribution in [0.1, 0.15) is 32.1 Å². The molecule has 0 aromatic carbocycles. The van der Waals surface area contributed by atoms with Gasteiger partial charge in [-0.1, -0.05) is 18.9 Å². The average molecular weight is 236 g/mol. The van der Waals surface area contributed by atoms with Crippen LogP contribution in [0, 0.1) is 5.41 Å². The lowest BCUT2D eigenvalue weighted by Gasteiger charge is -2.36. The standard InChI is InChI=1S/C12H16N2O3/c1-2-3-8-14-10(16)12(6-4-5-7-12)9(15)13-11(14)17/h2H,1,3-8H2,(H,13,15,17). The minimum Gasteiger partial charge on any atom is -0.277 e. The lowest BCUT2D eigenvalue weighted by molar-refractivity contribution is -0.151. The Morgan fingerprint density at radius 3 is 2.53 bits per heavy atom. The molecule has 5 heteroatoms. The van der Waals surface area contributed by atoms with Crippen LogP contribution >= 0.6 is 0 Å². The summed E-state index contributed by atoms with van der Waals surface area (Å²) in [7, 11) is 0. The molecule has 1 aliphatic heterocycles. The third-order valence-corrected chi connectivity index (χ3v) is 3.57. The maximum Gasteiger partial charge on any atom is 0.330 e. The molecule has 2 aliphatic rings. The van der Waals surface area contributed by atoms with Crippen molar-refractivity contribution in [3.63, 3.8) is 0 Å². The van der Waals surface area contributed by atoms with Gasteiger partial charge in [0, 0.05) is 6.54 Å². The SMILES string of the molecule is C=CCCN1C(=O)NC(=O)C2(CCCC2)C1=O. The van der Waals surface area contributed by atoms with Crippen LogP contribution < -0.4 is 5.32 Å². The van der Waals surface area contributed by atoms with Gasteiger partial charge in [-0.05, 0) is 19.3 Å². The van der Waals surface area contributed by atoms with Crippen molar-refractivity contribution in [2.45, 2.75) is 32.1 Å². The summed E-state index contributed by atoms with van der Waals surface area (Å²) in [6.07, 6.45) is 5.03. The molecule has 1 saturated carbocycles. The first kappa shape index (κ1) is 11.8. The quantitative estimate of drug-likeness (QED) is 0.591. The van der Waals surface area contributed by atoms with Gasteiger partial charge in [0.25, 0.3) is 0 Å². The van der Waals surface area contributed by atoms with E-state index in [-0.39, 0.29) is 5.91 Å². The van der Waals surface area contributed by atoms with Gasteiger partial charge >= 0.3 is 6.03 Å². The van der Waals surface area contributed by atoms with Crippen molar-refractivity contribution in [1.82, 2.24) is 10.2 Å². The Kier molecular flexibility index (Phi) is 3.00. The molecule has 1 N–H and O–H groups in total. The monoisotopic (exact) mass is 236 g/mol. The summed E-state index contributed by atoms with van der Waals surface area (Å²) in [5.74, 6) is -0.745. The second kappa shape index (κ2) is 4.31. The van der Waals surface area contributed by atoms with Gasteiger partial charge in [0.2, 0.25) is 11.8 Å². The van der Waals surface area contributed by atoms with Crippen LogP contribution in [0.3, 0.4) is 0 Å². The molecule has 0 aromatic heterocycles. The van der Waals surface area contributed by atoms with E-state index in [1.54, 1.807) is 6.08 Å². The van der Waals surface area contributed by atoms with E-state index in [1.807, 2.05) is 0 Å². The number of nitrogens with one attached hydrogen (secondary N) is 1. The highest BCUT2D eigenvalue weighted by Gasteiger charge is 2.54. The van der Waals surface area contributed by atoms with Crippen molar-refractivity contribution in [3.8, 4) is 0 Å². The molecular weight excluding hydrogens is 220 g/mol. The molecule has 17 heavy (non-hydrogen) atoms. The molecule has 0 unspecified atom stereocenters. The van der Waals surface area contributed by atoms with Crippen LogP contribution in [0.15, 0.2) is 12.7 Å². The fraction of sp³-hybridized carbons (Fsp3) is 0.583. The summed E-state index contributed by atoms with van der Waals surface area (Å²) < 4.78 is 0. The largest absolute Gasteiger partial charge is 0.330 e. The van der Waals surface area contributed by atoms with E-state index in [2.05, 4.69) is 11.9 Å². The van der Waals surface area contributed by atoms with Gasteiger partial charge in [0.05, 0.1) is 0 Å². The fourth-order valence-corrected chi connectivity index (χ4v) is 2.57. The highest BCUT2D eigenvalue weighted by atomic mass is 16.2. The molecule has 1 spiro atoms. The zero-order chi connectivity index (χ0) is 12.5. The van der Waals surface area contributed by atoms with Crippen LogP contribution in [0.25, 0.3) is 0 Å². The summed E-state index contributed by atoms with van der Waals surface area (Å²) in [4.78, 5) is 36.9. The van der Waals surface area contributed by atoms with Gasteiger partial charge < -0.3 is 0 Å². The van der Waals surface area contributed by atoms with Gasteiger partial charge in [-0.3, -0.25) is 19.8 Å². The summed E-state index contributed by atoms with van der Waals surface area (Å²) in [5, 5.41) is 2.29. The van der Waals surface area contributed by atoms with Crippen LogP contribution in [-0.4, -0.2) is 29.3 Å². The van der Waals surface area contributed by atoms with E-state index in [9.17, 15) is 14.4 Å². The van der Waals surface area contributed by atoms with Crippen molar-refractivity contribution in [2.75, 3.05) is 6.54 Å². The number of carbonyl (C=O) groups excluding carboxylic acids is 3. The third-order valence-electron chi connectivity index (χ3n) is 3.57. The average Bonchev–Trinajstić information content (AvgIpc) is 2.77. The maximum absolute atomic E-state index is 12.3. The fourth-order valence-electron chi connectivity index (χ4n) is 2.57. The van der Waals surface area contributed by atoms with Gasteiger partial charge in [-0.2, -0.15) is 0 Å². The number of hydrogen-bond donors (Lipinski definition) is 1. The molecule has 2 rings (SSSR count). The first-order valence-electron chi connectivity index (χ1n) is 5.90. The van der Waals surface area contributed by atoms with Crippen LogP contribution in [0.2, 0.25) is 0 Å². The van der Waals surface area contributed by atoms with Crippen molar-refractivity contribution in [1.29, 1.82) is 0 Å². The molecule has 2 fully saturated rings. The van der Waals surface area contributed by atoms with Gasteiger partial charge in [-0.15, -0.1) is 6.58 Å². The Hall–Kier alpha value is -1.65. The molecular formula is C12H16N2O3. The molecule has 0 bridgehead atoms. The van der Waals surface area contributed by atoms with Crippen LogP contribution in [0.4, 0.5) is 4.79 Å². The molecule has 1 heterocycles. The first-order valence-corrected chi connectivity index (χ1v) is 5.90. The summed E-state index contributed by atoms with van der Waals surface area (Å²) >= 11 is 0. The highest BCUT2D eigenvalue weighted by molar-refractivity contribution is 6.19. The molecule has 0 atom stereocenters. The normalized spacial score (nSPS) is 23.1. The second-order valence-corrected chi connectivity index (χ2v) is 4.58. The van der Waals surface area contributed by atoms with Crippen molar-refractivity contribution in [2.24, 2.45) is 5.41 Å². The lowest BCUT2D eigenvalue weighted by Crippen LogP contribution is -2.63. The number of barbiturate groups is 1. The molecule has 0 radical (unpaired) electrons. The predicted molar refractivity (Wildman–Crippen MR) is 61.0 cm³/mol. The number of rotatable bonds is 3. The number of hydrogen-bond acceptors (Lipinski definition) is 3.